The molecule has 1 aromatic carbocycles. The molecule has 1 saturated heterocycles. The smallest absolute Gasteiger partial charge is 0.323 e. The van der Waals surface area contributed by atoms with Crippen molar-refractivity contribution in [3.8, 4) is 0 Å². The van der Waals surface area contributed by atoms with Crippen LogP contribution in [-0.2, 0) is 11.3 Å². The molecule has 28 heavy (non-hydrogen) atoms. The fraction of sp³-hybridized carbons (Fsp3) is 0.476. The molecular formula is C21H26N4O2S. The third-order valence-corrected chi connectivity index (χ3v) is 6.66. The molecule has 0 unspecified atom stereocenters. The number of carbonyl (C=O) groups excluding carboxylic acids is 2. The van der Waals surface area contributed by atoms with Crippen molar-refractivity contribution in [2.45, 2.75) is 50.6 Å². The molecule has 0 atom stereocenters. The van der Waals surface area contributed by atoms with Gasteiger partial charge in [0.15, 0.2) is 0 Å². The standard InChI is InChI=1S/C21H26N4O2S/c1-15-22-18(13-28-15)12-24(2)14-25-19(26)21(23-20(25)27)10-8-17(9-11-21)16-6-4-3-5-7-16/h3-7,13,17H,8-12,14H2,1-2H3,(H,23,27). The van der Waals surface area contributed by atoms with E-state index in [0.717, 1.165) is 23.5 Å². The maximum atomic E-state index is 13.1. The van der Waals surface area contributed by atoms with Gasteiger partial charge in [0, 0.05) is 11.9 Å². The Morgan fingerprint density at radius 2 is 1.96 bits per heavy atom. The third kappa shape index (κ3) is 3.69. The maximum absolute atomic E-state index is 13.1. The Hall–Kier alpha value is -2.25. The molecule has 1 spiro atoms. The van der Waals surface area contributed by atoms with Crippen molar-refractivity contribution < 1.29 is 9.59 Å². The van der Waals surface area contributed by atoms with Crippen LogP contribution >= 0.6 is 11.3 Å². The second-order valence-electron chi connectivity index (χ2n) is 7.94. The van der Waals surface area contributed by atoms with Crippen LogP contribution in [0.4, 0.5) is 4.79 Å². The van der Waals surface area contributed by atoms with E-state index in [9.17, 15) is 9.59 Å². The van der Waals surface area contributed by atoms with Gasteiger partial charge in [-0.3, -0.25) is 9.69 Å². The lowest BCUT2D eigenvalue weighted by atomic mass is 9.74. The average Bonchev–Trinajstić information content (AvgIpc) is 3.19. The van der Waals surface area contributed by atoms with E-state index in [0.29, 0.717) is 25.3 Å². The molecule has 0 radical (unpaired) electrons. The molecule has 148 valence electrons. The van der Waals surface area contributed by atoms with Crippen LogP contribution < -0.4 is 5.32 Å². The van der Waals surface area contributed by atoms with Gasteiger partial charge in [-0.1, -0.05) is 30.3 Å². The first kappa shape index (κ1) is 19.1. The number of rotatable bonds is 5. The van der Waals surface area contributed by atoms with E-state index in [1.54, 1.807) is 11.3 Å². The zero-order chi connectivity index (χ0) is 19.7. The Morgan fingerprint density at radius 3 is 2.61 bits per heavy atom. The van der Waals surface area contributed by atoms with Crippen molar-refractivity contribution in [1.29, 1.82) is 0 Å². The second kappa shape index (κ2) is 7.64. The molecule has 1 aromatic heterocycles. The molecule has 3 amide bonds. The van der Waals surface area contributed by atoms with E-state index in [4.69, 9.17) is 0 Å². The van der Waals surface area contributed by atoms with Crippen molar-refractivity contribution in [3.63, 3.8) is 0 Å². The normalized spacial score (nSPS) is 25.0. The van der Waals surface area contributed by atoms with Crippen LogP contribution in [0.25, 0.3) is 0 Å². The molecule has 7 heteroatoms. The van der Waals surface area contributed by atoms with E-state index in [1.807, 2.05) is 30.3 Å². The second-order valence-corrected chi connectivity index (χ2v) is 9.01. The molecule has 2 aromatic rings. The molecule has 1 N–H and O–H groups in total. The van der Waals surface area contributed by atoms with E-state index in [2.05, 4.69) is 34.6 Å². The van der Waals surface area contributed by atoms with Crippen LogP contribution in [0.5, 0.6) is 0 Å². The molecule has 6 nitrogen and oxygen atoms in total. The van der Waals surface area contributed by atoms with Crippen molar-refractivity contribution in [3.05, 3.63) is 52.0 Å². The SMILES string of the molecule is Cc1nc(CN(C)CN2C(=O)NC3(CCC(c4ccccc4)CC3)C2=O)cs1. The number of carbonyl (C=O) groups is 2. The lowest BCUT2D eigenvalue weighted by molar-refractivity contribution is -0.133. The van der Waals surface area contributed by atoms with Crippen molar-refractivity contribution >= 4 is 23.3 Å². The summed E-state index contributed by atoms with van der Waals surface area (Å²) < 4.78 is 0. The summed E-state index contributed by atoms with van der Waals surface area (Å²) in [7, 11) is 1.91. The zero-order valence-electron chi connectivity index (χ0n) is 16.4. The van der Waals surface area contributed by atoms with Gasteiger partial charge in [-0.05, 0) is 51.1 Å². The summed E-state index contributed by atoms with van der Waals surface area (Å²) in [5.74, 6) is 0.381. The summed E-state index contributed by atoms with van der Waals surface area (Å²) in [6.45, 7) is 2.87. The highest BCUT2D eigenvalue weighted by atomic mass is 32.1. The summed E-state index contributed by atoms with van der Waals surface area (Å²) in [4.78, 5) is 33.5. The Balaban J connectivity index is 1.38. The minimum atomic E-state index is -0.722. The summed E-state index contributed by atoms with van der Waals surface area (Å²) >= 11 is 1.61. The number of urea groups is 1. The van der Waals surface area contributed by atoms with Crippen LogP contribution in [0.3, 0.4) is 0 Å². The molecule has 1 saturated carbocycles. The third-order valence-electron chi connectivity index (χ3n) is 5.84. The molecule has 2 heterocycles. The Bertz CT molecular complexity index is 858. The Kier molecular flexibility index (Phi) is 5.21. The molecule has 0 bridgehead atoms. The van der Waals surface area contributed by atoms with Crippen LogP contribution in [-0.4, -0.2) is 46.0 Å². The van der Waals surface area contributed by atoms with Gasteiger partial charge >= 0.3 is 6.03 Å². The van der Waals surface area contributed by atoms with Gasteiger partial charge in [0.2, 0.25) is 0 Å². The van der Waals surface area contributed by atoms with Crippen molar-refractivity contribution in [1.82, 2.24) is 20.1 Å². The van der Waals surface area contributed by atoms with E-state index in [1.165, 1.54) is 10.5 Å². The number of benzene rings is 1. The molecule has 2 aliphatic rings. The van der Waals surface area contributed by atoms with Gasteiger partial charge in [0.05, 0.1) is 17.4 Å². The predicted octanol–water partition coefficient (Wildman–Crippen LogP) is 3.49. The summed E-state index contributed by atoms with van der Waals surface area (Å²) in [6, 6.07) is 10.2. The molecule has 4 rings (SSSR count). The van der Waals surface area contributed by atoms with Gasteiger partial charge < -0.3 is 5.32 Å². The van der Waals surface area contributed by atoms with Crippen LogP contribution in [0, 0.1) is 6.92 Å². The van der Waals surface area contributed by atoms with Gasteiger partial charge in [0.25, 0.3) is 5.91 Å². The summed E-state index contributed by atoms with van der Waals surface area (Å²) in [5, 5.41) is 6.05. The quantitative estimate of drug-likeness (QED) is 0.783. The maximum Gasteiger partial charge on any atom is 0.326 e. The number of nitrogens with zero attached hydrogens (tertiary/aromatic N) is 3. The Morgan fingerprint density at radius 1 is 1.25 bits per heavy atom. The first-order valence-corrected chi connectivity index (χ1v) is 10.6. The van der Waals surface area contributed by atoms with Crippen LogP contribution in [0.2, 0.25) is 0 Å². The lowest BCUT2D eigenvalue weighted by Gasteiger charge is -2.35. The van der Waals surface area contributed by atoms with E-state index >= 15 is 0 Å². The predicted molar refractivity (Wildman–Crippen MR) is 109 cm³/mol. The van der Waals surface area contributed by atoms with Gasteiger partial charge in [0.1, 0.15) is 5.54 Å². The topological polar surface area (TPSA) is 65.5 Å². The van der Waals surface area contributed by atoms with Crippen LogP contribution in [0.1, 0.15) is 47.9 Å². The van der Waals surface area contributed by atoms with Crippen LogP contribution in [0.15, 0.2) is 35.7 Å². The number of hydrogen-bond donors (Lipinski definition) is 1. The van der Waals surface area contributed by atoms with Gasteiger partial charge in [-0.15, -0.1) is 11.3 Å². The van der Waals surface area contributed by atoms with Gasteiger partial charge in [-0.25, -0.2) is 14.7 Å². The number of amides is 3. The number of aromatic nitrogens is 1. The van der Waals surface area contributed by atoms with Crippen molar-refractivity contribution in [2.75, 3.05) is 13.7 Å². The minimum absolute atomic E-state index is 0.0784. The monoisotopic (exact) mass is 398 g/mol. The zero-order valence-corrected chi connectivity index (χ0v) is 17.2. The van der Waals surface area contributed by atoms with Crippen molar-refractivity contribution in [2.24, 2.45) is 0 Å². The number of nitrogens with one attached hydrogen (secondary N) is 1. The summed E-state index contributed by atoms with van der Waals surface area (Å²) in [5.41, 5.74) is 1.57. The highest BCUT2D eigenvalue weighted by Gasteiger charge is 2.52. The molecule has 2 fully saturated rings. The minimum Gasteiger partial charge on any atom is -0.323 e. The first-order valence-electron chi connectivity index (χ1n) is 9.75. The largest absolute Gasteiger partial charge is 0.326 e. The fourth-order valence-electron chi connectivity index (χ4n) is 4.36. The number of hydrogen-bond acceptors (Lipinski definition) is 5. The Labute approximate surface area is 169 Å². The van der Waals surface area contributed by atoms with E-state index < -0.39 is 5.54 Å². The number of aryl methyl sites for hydroxylation is 1. The number of imide groups is 1. The molecule has 1 aliphatic carbocycles. The first-order chi connectivity index (χ1) is 13.5. The number of thiazole rings is 1. The molecule has 1 aliphatic heterocycles. The van der Waals surface area contributed by atoms with E-state index in [-0.39, 0.29) is 18.6 Å². The fourth-order valence-corrected chi connectivity index (χ4v) is 4.97. The highest BCUT2D eigenvalue weighted by molar-refractivity contribution is 7.09. The highest BCUT2D eigenvalue weighted by Crippen LogP contribution is 2.40. The van der Waals surface area contributed by atoms with Gasteiger partial charge in [-0.2, -0.15) is 0 Å². The summed E-state index contributed by atoms with van der Waals surface area (Å²) in [6.07, 6.45) is 3.22. The average molecular weight is 399 g/mol. The molecular weight excluding hydrogens is 372 g/mol. The lowest BCUT2D eigenvalue weighted by Crippen LogP contribution is -2.49.